The minimum atomic E-state index is -1.09. The molecule has 1 aliphatic carbocycles. The van der Waals surface area contributed by atoms with Crippen LogP contribution in [0, 0.1) is 5.92 Å². The summed E-state index contributed by atoms with van der Waals surface area (Å²) in [6.07, 6.45) is 9.69. The van der Waals surface area contributed by atoms with Crippen molar-refractivity contribution in [1.82, 2.24) is 29.5 Å². The third-order valence-electron chi connectivity index (χ3n) is 5.19. The highest BCUT2D eigenvalue weighted by atomic mass is 16.4. The van der Waals surface area contributed by atoms with Gasteiger partial charge in [0.05, 0.1) is 24.0 Å². The van der Waals surface area contributed by atoms with Gasteiger partial charge in [-0.3, -0.25) is 4.68 Å². The van der Waals surface area contributed by atoms with Gasteiger partial charge in [0.25, 0.3) is 5.95 Å². The SMILES string of the molecule is CC[C@H]1CC[C@H](n2ncc3nc(-n4cc(C(=O)O)cn4)nc(O)c32)CC1. The maximum atomic E-state index is 11.0. The maximum absolute atomic E-state index is 11.0. The second-order valence-corrected chi connectivity index (χ2v) is 6.73. The molecule has 26 heavy (non-hydrogen) atoms. The Balaban J connectivity index is 1.68. The van der Waals surface area contributed by atoms with Crippen molar-refractivity contribution in [3.63, 3.8) is 0 Å². The second kappa shape index (κ2) is 6.40. The lowest BCUT2D eigenvalue weighted by atomic mass is 9.84. The Morgan fingerprint density at radius 3 is 2.62 bits per heavy atom. The molecule has 2 N–H and O–H groups in total. The van der Waals surface area contributed by atoms with E-state index in [0.29, 0.717) is 11.0 Å². The molecule has 9 nitrogen and oxygen atoms in total. The van der Waals surface area contributed by atoms with Crippen LogP contribution in [0.3, 0.4) is 0 Å². The maximum Gasteiger partial charge on any atom is 0.338 e. The summed E-state index contributed by atoms with van der Waals surface area (Å²) in [4.78, 5) is 19.5. The lowest BCUT2D eigenvalue weighted by molar-refractivity contribution is 0.0697. The van der Waals surface area contributed by atoms with Crippen molar-refractivity contribution >= 4 is 17.0 Å². The van der Waals surface area contributed by atoms with E-state index in [2.05, 4.69) is 27.1 Å². The molecule has 0 aromatic carbocycles. The number of carboxylic acids is 1. The zero-order valence-electron chi connectivity index (χ0n) is 14.4. The van der Waals surface area contributed by atoms with Crippen molar-refractivity contribution in [2.45, 2.75) is 45.1 Å². The van der Waals surface area contributed by atoms with Gasteiger partial charge < -0.3 is 10.2 Å². The molecular formula is C17H20N6O3. The van der Waals surface area contributed by atoms with Gasteiger partial charge in [-0.1, -0.05) is 13.3 Å². The lowest BCUT2D eigenvalue weighted by Crippen LogP contribution is -2.18. The highest BCUT2D eigenvalue weighted by Crippen LogP contribution is 2.36. The number of aromatic carboxylic acids is 1. The number of rotatable bonds is 4. The molecule has 1 saturated carbocycles. The van der Waals surface area contributed by atoms with Gasteiger partial charge in [0.15, 0.2) is 0 Å². The van der Waals surface area contributed by atoms with Crippen LogP contribution in [0.15, 0.2) is 18.6 Å². The number of hydrogen-bond donors (Lipinski definition) is 2. The van der Waals surface area contributed by atoms with Gasteiger partial charge in [0, 0.05) is 6.20 Å². The summed E-state index contributed by atoms with van der Waals surface area (Å²) in [5, 5.41) is 27.8. The molecule has 0 unspecified atom stereocenters. The molecule has 0 atom stereocenters. The molecule has 1 aliphatic rings. The van der Waals surface area contributed by atoms with Gasteiger partial charge >= 0.3 is 5.97 Å². The molecule has 0 saturated heterocycles. The van der Waals surface area contributed by atoms with Crippen LogP contribution in [0.4, 0.5) is 0 Å². The summed E-state index contributed by atoms with van der Waals surface area (Å²) in [5.74, 6) is -0.381. The van der Waals surface area contributed by atoms with Crippen LogP contribution in [-0.2, 0) is 0 Å². The molecule has 0 bridgehead atoms. The summed E-state index contributed by atoms with van der Waals surface area (Å²) >= 11 is 0. The fourth-order valence-corrected chi connectivity index (χ4v) is 3.65. The summed E-state index contributed by atoms with van der Waals surface area (Å²) in [5.41, 5.74) is 1.05. The first-order valence-electron chi connectivity index (χ1n) is 8.79. The van der Waals surface area contributed by atoms with Gasteiger partial charge in [0.2, 0.25) is 5.88 Å². The summed E-state index contributed by atoms with van der Waals surface area (Å²) < 4.78 is 3.05. The highest BCUT2D eigenvalue weighted by molar-refractivity contribution is 5.87. The van der Waals surface area contributed by atoms with Gasteiger partial charge in [-0.25, -0.2) is 14.5 Å². The van der Waals surface area contributed by atoms with E-state index in [4.69, 9.17) is 5.11 Å². The largest absolute Gasteiger partial charge is 0.492 e. The summed E-state index contributed by atoms with van der Waals surface area (Å²) in [7, 11) is 0. The normalized spacial score (nSPS) is 20.5. The van der Waals surface area contributed by atoms with Crippen molar-refractivity contribution in [3.05, 3.63) is 24.2 Å². The molecule has 0 spiro atoms. The van der Waals surface area contributed by atoms with Crippen LogP contribution in [-0.4, -0.2) is 45.7 Å². The fraction of sp³-hybridized carbons (Fsp3) is 0.471. The van der Waals surface area contributed by atoms with E-state index in [1.807, 2.05) is 4.68 Å². The van der Waals surface area contributed by atoms with Crippen molar-refractivity contribution < 1.29 is 15.0 Å². The van der Waals surface area contributed by atoms with Crippen LogP contribution in [0.25, 0.3) is 17.0 Å². The van der Waals surface area contributed by atoms with Crippen LogP contribution in [0.5, 0.6) is 5.88 Å². The second-order valence-electron chi connectivity index (χ2n) is 6.73. The number of aromatic hydroxyl groups is 1. The van der Waals surface area contributed by atoms with E-state index < -0.39 is 5.97 Å². The van der Waals surface area contributed by atoms with Crippen LogP contribution >= 0.6 is 0 Å². The number of fused-ring (bicyclic) bond motifs is 1. The average Bonchev–Trinajstić information content (AvgIpc) is 3.29. The van der Waals surface area contributed by atoms with E-state index in [1.165, 1.54) is 23.5 Å². The van der Waals surface area contributed by atoms with Gasteiger partial charge in [-0.15, -0.1) is 0 Å². The Bertz CT molecular complexity index is 955. The average molecular weight is 356 g/mol. The predicted molar refractivity (Wildman–Crippen MR) is 92.4 cm³/mol. The summed E-state index contributed by atoms with van der Waals surface area (Å²) in [6.45, 7) is 2.22. The van der Waals surface area contributed by atoms with E-state index in [-0.39, 0.29) is 23.4 Å². The minimum absolute atomic E-state index is 0.0246. The smallest absolute Gasteiger partial charge is 0.338 e. The Morgan fingerprint density at radius 1 is 1.19 bits per heavy atom. The van der Waals surface area contributed by atoms with Crippen LogP contribution in [0.2, 0.25) is 0 Å². The zero-order valence-corrected chi connectivity index (χ0v) is 14.4. The molecule has 136 valence electrons. The molecule has 3 aromatic rings. The van der Waals surface area contributed by atoms with Crippen molar-refractivity contribution in [2.24, 2.45) is 5.92 Å². The first-order valence-corrected chi connectivity index (χ1v) is 8.79. The first-order chi connectivity index (χ1) is 12.6. The lowest BCUT2D eigenvalue weighted by Gasteiger charge is -2.28. The Kier molecular flexibility index (Phi) is 4.06. The van der Waals surface area contributed by atoms with Gasteiger partial charge in [-0.2, -0.15) is 15.2 Å². The predicted octanol–water partition coefficient (Wildman–Crippen LogP) is 2.56. The molecular weight excluding hydrogens is 336 g/mol. The molecule has 4 rings (SSSR count). The minimum Gasteiger partial charge on any atom is -0.492 e. The van der Waals surface area contributed by atoms with E-state index in [9.17, 15) is 9.90 Å². The third kappa shape index (κ3) is 2.79. The number of carboxylic acid groups (broad SMARTS) is 1. The molecule has 3 aromatic heterocycles. The quantitative estimate of drug-likeness (QED) is 0.737. The van der Waals surface area contributed by atoms with Gasteiger partial charge in [0.1, 0.15) is 11.0 Å². The van der Waals surface area contributed by atoms with E-state index in [0.717, 1.165) is 31.6 Å². The first kappa shape index (κ1) is 16.5. The number of nitrogens with zero attached hydrogens (tertiary/aromatic N) is 6. The molecule has 3 heterocycles. The van der Waals surface area contributed by atoms with E-state index >= 15 is 0 Å². The molecule has 0 aliphatic heterocycles. The topological polar surface area (TPSA) is 119 Å². The zero-order chi connectivity index (χ0) is 18.3. The van der Waals surface area contributed by atoms with Crippen molar-refractivity contribution in [3.8, 4) is 11.8 Å². The van der Waals surface area contributed by atoms with Crippen LogP contribution in [0.1, 0.15) is 55.4 Å². The standard InChI is InChI=1S/C17H20N6O3/c1-2-10-3-5-12(6-4-10)23-14-13(8-19-23)20-17(21-15(14)24)22-9-11(7-18-22)16(25)26/h7-10,12H,2-6H2,1H3,(H,25,26)(H,20,21,24)/t10-,12-. The molecule has 0 amide bonds. The van der Waals surface area contributed by atoms with Gasteiger partial charge in [-0.05, 0) is 31.6 Å². The van der Waals surface area contributed by atoms with Crippen molar-refractivity contribution in [2.75, 3.05) is 0 Å². The Morgan fingerprint density at radius 2 is 1.96 bits per heavy atom. The van der Waals surface area contributed by atoms with E-state index in [1.54, 1.807) is 6.20 Å². The Hall–Kier alpha value is -2.97. The van der Waals surface area contributed by atoms with Crippen LogP contribution < -0.4 is 0 Å². The number of hydrogen-bond acceptors (Lipinski definition) is 6. The Labute approximate surface area is 149 Å². The third-order valence-corrected chi connectivity index (χ3v) is 5.19. The molecule has 9 heteroatoms. The monoisotopic (exact) mass is 356 g/mol. The molecule has 1 fully saturated rings. The van der Waals surface area contributed by atoms with Crippen molar-refractivity contribution in [1.29, 1.82) is 0 Å². The number of aromatic nitrogens is 6. The highest BCUT2D eigenvalue weighted by Gasteiger charge is 2.25. The summed E-state index contributed by atoms with van der Waals surface area (Å²) in [6, 6.07) is 0.235. The fourth-order valence-electron chi connectivity index (χ4n) is 3.65. The number of carbonyl (C=O) groups is 1. The molecule has 0 radical (unpaired) electrons.